The number of nitrogens with zero attached hydrogens (tertiary/aromatic N) is 2. The van der Waals surface area contributed by atoms with Gasteiger partial charge in [0.15, 0.2) is 0 Å². The van der Waals surface area contributed by atoms with Crippen LogP contribution in [0.4, 0.5) is 5.69 Å². The van der Waals surface area contributed by atoms with Crippen LogP contribution in [0.15, 0.2) is 91.1 Å². The van der Waals surface area contributed by atoms with E-state index in [1.165, 1.54) is 6.08 Å². The Morgan fingerprint density at radius 1 is 1.00 bits per heavy atom. The molecule has 3 N–H and O–H groups in total. The molecule has 0 aliphatic rings. The number of anilines is 1. The number of amides is 2. The van der Waals surface area contributed by atoms with E-state index in [1.807, 2.05) is 59.4 Å². The first-order chi connectivity index (χ1) is 16.0. The summed E-state index contributed by atoms with van der Waals surface area (Å²) in [7, 11) is 0. The second-order valence-corrected chi connectivity index (χ2v) is 7.70. The average Bonchev–Trinajstić information content (AvgIpc) is 3.21. The summed E-state index contributed by atoms with van der Waals surface area (Å²) in [6.07, 6.45) is 5.18. The molecule has 6 nitrogen and oxygen atoms in total. The summed E-state index contributed by atoms with van der Waals surface area (Å²) in [5.41, 5.74) is 10.8. The van der Waals surface area contributed by atoms with Gasteiger partial charge in [0.05, 0.1) is 12.2 Å². The van der Waals surface area contributed by atoms with E-state index < -0.39 is 5.91 Å². The van der Waals surface area contributed by atoms with E-state index in [4.69, 9.17) is 10.8 Å². The molecule has 0 saturated heterocycles. The lowest BCUT2D eigenvalue weighted by Crippen LogP contribution is -2.13. The van der Waals surface area contributed by atoms with E-state index in [0.29, 0.717) is 23.4 Å². The van der Waals surface area contributed by atoms with E-state index in [9.17, 15) is 9.59 Å². The lowest BCUT2D eigenvalue weighted by atomic mass is 10.1. The zero-order chi connectivity index (χ0) is 23.2. The molecule has 0 aliphatic carbocycles. The van der Waals surface area contributed by atoms with E-state index in [-0.39, 0.29) is 5.91 Å². The Morgan fingerprint density at radius 2 is 1.70 bits per heavy atom. The lowest BCUT2D eigenvalue weighted by Gasteiger charge is -2.06. The van der Waals surface area contributed by atoms with Crippen LogP contribution < -0.4 is 11.1 Å². The third-order valence-corrected chi connectivity index (χ3v) is 5.20. The molecule has 2 amide bonds. The van der Waals surface area contributed by atoms with Gasteiger partial charge in [-0.05, 0) is 42.3 Å². The van der Waals surface area contributed by atoms with Crippen molar-refractivity contribution in [2.24, 2.45) is 5.73 Å². The maximum Gasteiger partial charge on any atom is 0.248 e. The summed E-state index contributed by atoms with van der Waals surface area (Å²) in [4.78, 5) is 23.9. The van der Waals surface area contributed by atoms with Crippen LogP contribution in [0.3, 0.4) is 0 Å². The smallest absolute Gasteiger partial charge is 0.248 e. The fourth-order valence-corrected chi connectivity index (χ4v) is 3.60. The maximum absolute atomic E-state index is 12.5. The molecule has 6 heteroatoms. The highest BCUT2D eigenvalue weighted by Crippen LogP contribution is 2.24. The zero-order valence-corrected chi connectivity index (χ0v) is 18.2. The summed E-state index contributed by atoms with van der Waals surface area (Å²) in [6, 6.07) is 25.0. The highest BCUT2D eigenvalue weighted by Gasteiger charge is 2.11. The molecule has 3 aromatic carbocycles. The summed E-state index contributed by atoms with van der Waals surface area (Å²) in [5.74, 6) is -0.776. The molecule has 0 saturated carbocycles. The van der Waals surface area contributed by atoms with E-state index in [1.54, 1.807) is 31.2 Å². The summed E-state index contributed by atoms with van der Waals surface area (Å²) >= 11 is 0. The molecule has 4 rings (SSSR count). The van der Waals surface area contributed by atoms with Gasteiger partial charge in [0.1, 0.15) is 0 Å². The summed E-state index contributed by atoms with van der Waals surface area (Å²) in [6.45, 7) is 2.41. The van der Waals surface area contributed by atoms with Crippen LogP contribution in [0.1, 0.15) is 27.0 Å². The Bertz CT molecular complexity index is 1310. The number of aromatic nitrogens is 2. The number of rotatable bonds is 7. The monoisotopic (exact) mass is 436 g/mol. The molecule has 0 fully saturated rings. The minimum Gasteiger partial charge on any atom is -0.366 e. The molecule has 0 aliphatic heterocycles. The van der Waals surface area contributed by atoms with Gasteiger partial charge in [-0.1, -0.05) is 60.7 Å². The van der Waals surface area contributed by atoms with E-state index >= 15 is 0 Å². The van der Waals surface area contributed by atoms with Crippen LogP contribution >= 0.6 is 0 Å². The highest BCUT2D eigenvalue weighted by molar-refractivity contribution is 6.03. The van der Waals surface area contributed by atoms with Gasteiger partial charge in [-0.2, -0.15) is 5.10 Å². The van der Waals surface area contributed by atoms with Crippen molar-refractivity contribution >= 4 is 23.6 Å². The van der Waals surface area contributed by atoms with E-state index in [0.717, 1.165) is 22.4 Å². The molecule has 1 aromatic heterocycles. The van der Waals surface area contributed by atoms with Crippen molar-refractivity contribution in [2.45, 2.75) is 13.5 Å². The number of aryl methyl sites for hydroxylation is 1. The minimum absolute atomic E-state index is 0.281. The van der Waals surface area contributed by atoms with Gasteiger partial charge in [-0.3, -0.25) is 14.3 Å². The molecule has 33 heavy (non-hydrogen) atoms. The number of hydrogen-bond acceptors (Lipinski definition) is 3. The van der Waals surface area contributed by atoms with E-state index in [2.05, 4.69) is 17.4 Å². The predicted octanol–water partition coefficient (Wildman–Crippen LogP) is 4.66. The first-order valence-electron chi connectivity index (χ1n) is 10.6. The van der Waals surface area contributed by atoms with Gasteiger partial charge in [0.2, 0.25) is 11.8 Å². The Labute approximate surface area is 192 Å². The molecule has 0 spiro atoms. The number of nitrogens with two attached hydrogens (primary N) is 1. The molecule has 0 radical (unpaired) electrons. The van der Waals surface area contributed by atoms with Gasteiger partial charge in [-0.25, -0.2) is 0 Å². The number of nitrogens with one attached hydrogen (secondary N) is 1. The molecule has 164 valence electrons. The first kappa shape index (κ1) is 21.8. The number of carbonyl (C=O) groups excluding carboxylic acids is 2. The number of primary amides is 1. The standard InChI is InChI=1S/C27H24N4O2/c1-19-16-23(13-14-24(19)27(28)33)29-25(32)15-12-22-18-31(17-20-8-4-2-5-9-20)30-26(22)21-10-6-3-7-11-21/h2-16,18H,17H2,1H3,(H2,28,33)(H,29,32)/b15-12+. The fourth-order valence-electron chi connectivity index (χ4n) is 3.60. The molecule has 4 aromatic rings. The van der Waals surface area contributed by atoms with Gasteiger partial charge in [-0.15, -0.1) is 0 Å². The van der Waals surface area contributed by atoms with Crippen LogP contribution in [0, 0.1) is 6.92 Å². The Balaban J connectivity index is 1.56. The van der Waals surface area contributed by atoms with Crippen molar-refractivity contribution in [1.29, 1.82) is 0 Å². The van der Waals surface area contributed by atoms with Crippen molar-refractivity contribution in [2.75, 3.05) is 5.32 Å². The van der Waals surface area contributed by atoms with Gasteiger partial charge in [0.25, 0.3) is 0 Å². The Hall–Kier alpha value is -4.45. The zero-order valence-electron chi connectivity index (χ0n) is 18.2. The van der Waals surface area contributed by atoms with Crippen LogP contribution in [0.25, 0.3) is 17.3 Å². The molecule has 1 heterocycles. The third kappa shape index (κ3) is 5.43. The Kier molecular flexibility index (Phi) is 6.45. The average molecular weight is 437 g/mol. The number of hydrogen-bond donors (Lipinski definition) is 2. The minimum atomic E-state index is -0.494. The molecule has 0 unspecified atom stereocenters. The van der Waals surface area contributed by atoms with Crippen molar-refractivity contribution in [3.63, 3.8) is 0 Å². The molecular formula is C27H24N4O2. The first-order valence-corrected chi connectivity index (χ1v) is 10.6. The SMILES string of the molecule is Cc1cc(NC(=O)/C=C/c2cn(Cc3ccccc3)nc2-c2ccccc2)ccc1C(N)=O. The topological polar surface area (TPSA) is 90.0 Å². The number of carbonyl (C=O) groups is 2. The third-order valence-electron chi connectivity index (χ3n) is 5.20. The lowest BCUT2D eigenvalue weighted by molar-refractivity contribution is -0.111. The molecule has 0 atom stereocenters. The second-order valence-electron chi connectivity index (χ2n) is 7.70. The fraction of sp³-hybridized carbons (Fsp3) is 0.0741. The van der Waals surface area contributed by atoms with Gasteiger partial charge >= 0.3 is 0 Å². The van der Waals surface area contributed by atoms with Crippen LogP contribution in [0.5, 0.6) is 0 Å². The van der Waals surface area contributed by atoms with Crippen molar-refractivity contribution in [1.82, 2.24) is 9.78 Å². The molecule has 0 bridgehead atoms. The maximum atomic E-state index is 12.5. The largest absolute Gasteiger partial charge is 0.366 e. The summed E-state index contributed by atoms with van der Waals surface area (Å²) in [5, 5.41) is 7.59. The van der Waals surface area contributed by atoms with Crippen molar-refractivity contribution in [3.8, 4) is 11.3 Å². The predicted molar refractivity (Wildman–Crippen MR) is 131 cm³/mol. The van der Waals surface area contributed by atoms with Gasteiger partial charge < -0.3 is 11.1 Å². The van der Waals surface area contributed by atoms with Crippen LogP contribution in [0.2, 0.25) is 0 Å². The van der Waals surface area contributed by atoms with Gasteiger partial charge in [0, 0.05) is 34.7 Å². The Morgan fingerprint density at radius 3 is 2.36 bits per heavy atom. The molecular weight excluding hydrogens is 412 g/mol. The normalized spacial score (nSPS) is 10.9. The van der Waals surface area contributed by atoms with Crippen molar-refractivity contribution < 1.29 is 9.59 Å². The quantitative estimate of drug-likeness (QED) is 0.413. The number of benzene rings is 3. The summed E-state index contributed by atoms with van der Waals surface area (Å²) < 4.78 is 1.88. The highest BCUT2D eigenvalue weighted by atomic mass is 16.1. The second kappa shape index (κ2) is 9.78. The van der Waals surface area contributed by atoms with Crippen LogP contribution in [-0.2, 0) is 11.3 Å². The van der Waals surface area contributed by atoms with Crippen molar-refractivity contribution in [3.05, 3.63) is 113 Å². The van der Waals surface area contributed by atoms with Crippen LogP contribution in [-0.4, -0.2) is 21.6 Å².